The number of benzene rings is 3. The Labute approximate surface area is 150 Å². The number of nitro groups is 1. The average molecular weight is 347 g/mol. The van der Waals surface area contributed by atoms with Crippen LogP contribution >= 0.6 is 0 Å². The Bertz CT molecular complexity index is 842. The minimum Gasteiger partial charge on any atom is -0.327 e. The molecule has 0 spiro atoms. The van der Waals surface area contributed by atoms with E-state index in [9.17, 15) is 14.9 Å². The van der Waals surface area contributed by atoms with Crippen LogP contribution in [0.2, 0.25) is 0 Å². The van der Waals surface area contributed by atoms with Gasteiger partial charge in [-0.05, 0) is 23.3 Å². The highest BCUT2D eigenvalue weighted by Gasteiger charge is 2.16. The molecule has 130 valence electrons. The number of anilines is 1. The maximum Gasteiger partial charge on any atom is 0.319 e. The van der Waals surface area contributed by atoms with Crippen molar-refractivity contribution in [2.75, 3.05) is 5.32 Å². The summed E-state index contributed by atoms with van der Waals surface area (Å²) in [6.07, 6.45) is 0. The molecule has 0 radical (unpaired) electrons. The van der Waals surface area contributed by atoms with Gasteiger partial charge in [0.05, 0.1) is 11.0 Å². The molecule has 0 fully saturated rings. The van der Waals surface area contributed by atoms with Crippen molar-refractivity contribution in [2.24, 2.45) is 0 Å². The summed E-state index contributed by atoms with van der Waals surface area (Å²) in [7, 11) is 0. The molecule has 0 aliphatic heterocycles. The van der Waals surface area contributed by atoms with Crippen molar-refractivity contribution in [3.8, 4) is 0 Å². The molecule has 3 aromatic rings. The van der Waals surface area contributed by atoms with Crippen LogP contribution in [-0.4, -0.2) is 11.0 Å². The van der Waals surface area contributed by atoms with Crippen LogP contribution in [0.1, 0.15) is 17.2 Å². The molecule has 26 heavy (non-hydrogen) atoms. The first-order valence-corrected chi connectivity index (χ1v) is 8.05. The van der Waals surface area contributed by atoms with E-state index in [1.165, 1.54) is 24.3 Å². The molecule has 2 N–H and O–H groups in total. The third-order valence-electron chi connectivity index (χ3n) is 3.88. The molecule has 0 aliphatic carbocycles. The van der Waals surface area contributed by atoms with Gasteiger partial charge in [0.2, 0.25) is 0 Å². The molecule has 3 aromatic carbocycles. The standard InChI is InChI=1S/C20H17N3O3/c24-20(21-17-11-13-18(14-12-17)23(25)26)22-19(15-7-3-1-4-8-15)16-9-5-2-6-10-16/h1-14,19H,(H2,21,22,24). The lowest BCUT2D eigenvalue weighted by molar-refractivity contribution is -0.384. The summed E-state index contributed by atoms with van der Waals surface area (Å²) in [6, 6.07) is 24.3. The Kier molecular flexibility index (Phi) is 5.24. The predicted molar refractivity (Wildman–Crippen MR) is 100.0 cm³/mol. The molecule has 0 saturated heterocycles. The fourth-order valence-electron chi connectivity index (χ4n) is 2.61. The molecule has 0 bridgehead atoms. The highest BCUT2D eigenvalue weighted by molar-refractivity contribution is 5.89. The number of nitrogens with one attached hydrogen (secondary N) is 2. The van der Waals surface area contributed by atoms with Gasteiger partial charge in [-0.3, -0.25) is 10.1 Å². The quantitative estimate of drug-likeness (QED) is 0.526. The number of amides is 2. The summed E-state index contributed by atoms with van der Waals surface area (Å²) >= 11 is 0. The first-order chi connectivity index (χ1) is 12.6. The van der Waals surface area contributed by atoms with Gasteiger partial charge in [0.1, 0.15) is 0 Å². The highest BCUT2D eigenvalue weighted by Crippen LogP contribution is 2.22. The van der Waals surface area contributed by atoms with Crippen LogP contribution in [-0.2, 0) is 0 Å². The molecule has 6 nitrogen and oxygen atoms in total. The van der Waals surface area contributed by atoms with Crippen molar-refractivity contribution in [1.29, 1.82) is 0 Å². The molecule has 0 aromatic heterocycles. The van der Waals surface area contributed by atoms with Gasteiger partial charge in [-0.15, -0.1) is 0 Å². The van der Waals surface area contributed by atoms with Crippen LogP contribution in [0.5, 0.6) is 0 Å². The molecule has 0 atom stereocenters. The van der Waals surface area contributed by atoms with Crippen LogP contribution in [0.4, 0.5) is 16.2 Å². The SMILES string of the molecule is O=C(Nc1ccc([N+](=O)[O-])cc1)NC(c1ccccc1)c1ccccc1. The van der Waals surface area contributed by atoms with Crippen molar-refractivity contribution < 1.29 is 9.72 Å². The highest BCUT2D eigenvalue weighted by atomic mass is 16.6. The van der Waals surface area contributed by atoms with Crippen molar-refractivity contribution in [2.45, 2.75) is 6.04 Å². The number of urea groups is 1. The van der Waals surface area contributed by atoms with Gasteiger partial charge < -0.3 is 10.6 Å². The maximum atomic E-state index is 12.4. The number of nitro benzene ring substituents is 1. The third kappa shape index (κ3) is 4.24. The second kappa shape index (κ2) is 7.94. The zero-order valence-electron chi connectivity index (χ0n) is 13.8. The summed E-state index contributed by atoms with van der Waals surface area (Å²) in [5.74, 6) is 0. The Morgan fingerprint density at radius 1 is 0.808 bits per heavy atom. The van der Waals surface area contributed by atoms with E-state index in [0.29, 0.717) is 5.69 Å². The summed E-state index contributed by atoms with van der Waals surface area (Å²) in [4.78, 5) is 22.7. The number of carbonyl (C=O) groups excluding carboxylic acids is 1. The molecular formula is C20H17N3O3. The smallest absolute Gasteiger partial charge is 0.319 e. The Morgan fingerprint density at radius 2 is 1.31 bits per heavy atom. The van der Waals surface area contributed by atoms with Crippen LogP contribution in [0, 0.1) is 10.1 Å². The van der Waals surface area contributed by atoms with E-state index in [2.05, 4.69) is 10.6 Å². The molecule has 3 rings (SSSR count). The van der Waals surface area contributed by atoms with Gasteiger partial charge in [-0.25, -0.2) is 4.79 Å². The van der Waals surface area contributed by atoms with Gasteiger partial charge in [0, 0.05) is 17.8 Å². The molecule has 0 unspecified atom stereocenters. The lowest BCUT2D eigenvalue weighted by Gasteiger charge is -2.20. The van der Waals surface area contributed by atoms with Crippen LogP contribution in [0.3, 0.4) is 0 Å². The van der Waals surface area contributed by atoms with Gasteiger partial charge in [-0.2, -0.15) is 0 Å². The van der Waals surface area contributed by atoms with Crippen molar-refractivity contribution in [3.05, 3.63) is 106 Å². The molecule has 2 amide bonds. The topological polar surface area (TPSA) is 84.3 Å². The van der Waals surface area contributed by atoms with Crippen LogP contribution < -0.4 is 10.6 Å². The normalized spacial score (nSPS) is 10.3. The summed E-state index contributed by atoms with van der Waals surface area (Å²) in [5, 5.41) is 16.4. The van der Waals surface area contributed by atoms with E-state index in [4.69, 9.17) is 0 Å². The predicted octanol–water partition coefficient (Wildman–Crippen LogP) is 4.51. The van der Waals surface area contributed by atoms with Gasteiger partial charge in [-0.1, -0.05) is 60.7 Å². The van der Waals surface area contributed by atoms with E-state index < -0.39 is 11.0 Å². The van der Waals surface area contributed by atoms with E-state index in [-0.39, 0.29) is 11.7 Å². The van der Waals surface area contributed by atoms with Crippen molar-refractivity contribution in [3.63, 3.8) is 0 Å². The van der Waals surface area contributed by atoms with Gasteiger partial charge in [0.25, 0.3) is 5.69 Å². The van der Waals surface area contributed by atoms with Crippen molar-refractivity contribution >= 4 is 17.4 Å². The second-order valence-corrected chi connectivity index (χ2v) is 5.66. The number of rotatable bonds is 5. The first kappa shape index (κ1) is 17.2. The largest absolute Gasteiger partial charge is 0.327 e. The maximum absolute atomic E-state index is 12.4. The lowest BCUT2D eigenvalue weighted by atomic mass is 9.99. The van der Waals surface area contributed by atoms with Crippen LogP contribution in [0.15, 0.2) is 84.9 Å². The molecule has 0 heterocycles. The lowest BCUT2D eigenvalue weighted by Crippen LogP contribution is -2.33. The molecular weight excluding hydrogens is 330 g/mol. The van der Waals surface area contributed by atoms with E-state index in [1.54, 1.807) is 0 Å². The summed E-state index contributed by atoms with van der Waals surface area (Å²) in [6.45, 7) is 0. The van der Waals surface area contributed by atoms with Gasteiger partial charge in [0.15, 0.2) is 0 Å². The van der Waals surface area contributed by atoms with Crippen molar-refractivity contribution in [1.82, 2.24) is 5.32 Å². The third-order valence-corrected chi connectivity index (χ3v) is 3.88. The van der Waals surface area contributed by atoms with Crippen LogP contribution in [0.25, 0.3) is 0 Å². The average Bonchev–Trinajstić information content (AvgIpc) is 2.68. The molecule has 0 aliphatic rings. The number of hydrogen-bond acceptors (Lipinski definition) is 3. The van der Waals surface area contributed by atoms with E-state index in [0.717, 1.165) is 11.1 Å². The molecule has 6 heteroatoms. The molecule has 0 saturated carbocycles. The van der Waals surface area contributed by atoms with E-state index in [1.807, 2.05) is 60.7 Å². The minimum atomic E-state index is -0.481. The second-order valence-electron chi connectivity index (χ2n) is 5.66. The number of hydrogen-bond donors (Lipinski definition) is 2. The fourth-order valence-corrected chi connectivity index (χ4v) is 2.61. The number of carbonyl (C=O) groups is 1. The zero-order valence-corrected chi connectivity index (χ0v) is 13.8. The Balaban J connectivity index is 1.76. The van der Waals surface area contributed by atoms with Gasteiger partial charge >= 0.3 is 6.03 Å². The monoisotopic (exact) mass is 347 g/mol. The van der Waals surface area contributed by atoms with E-state index >= 15 is 0 Å². The first-order valence-electron chi connectivity index (χ1n) is 8.05. The number of nitrogens with zero attached hydrogens (tertiary/aromatic N) is 1. The Morgan fingerprint density at radius 3 is 1.77 bits per heavy atom. The Hall–Kier alpha value is -3.67. The fraction of sp³-hybridized carbons (Fsp3) is 0.0500. The zero-order chi connectivity index (χ0) is 18.4. The summed E-state index contributed by atoms with van der Waals surface area (Å²) in [5.41, 5.74) is 2.37. The number of non-ortho nitro benzene ring substituents is 1. The summed E-state index contributed by atoms with van der Waals surface area (Å²) < 4.78 is 0. The minimum absolute atomic E-state index is 0.0256.